The maximum absolute atomic E-state index is 12.0. The average Bonchev–Trinajstić information content (AvgIpc) is 2.48. The first-order chi connectivity index (χ1) is 10.1. The molecule has 1 aromatic carbocycles. The maximum atomic E-state index is 12.0. The van der Waals surface area contributed by atoms with Gasteiger partial charge in [0.05, 0.1) is 0 Å². The van der Waals surface area contributed by atoms with Crippen LogP contribution in [0.1, 0.15) is 15.9 Å². The normalized spacial score (nSPS) is 11.6. The molecule has 1 amide bonds. The predicted molar refractivity (Wildman–Crippen MR) is 76.1 cm³/mol. The molecule has 21 heavy (non-hydrogen) atoms. The second kappa shape index (κ2) is 6.51. The van der Waals surface area contributed by atoms with Crippen LogP contribution in [0.15, 0.2) is 53.5 Å². The van der Waals surface area contributed by atoms with E-state index in [0.29, 0.717) is 0 Å². The Morgan fingerprint density at radius 2 is 1.86 bits per heavy atom. The lowest BCUT2D eigenvalue weighted by Crippen LogP contribution is -2.43. The Morgan fingerprint density at radius 1 is 1.14 bits per heavy atom. The molecule has 1 atom stereocenters. The number of carbonyl (C=O) groups is 2. The number of rotatable bonds is 5. The summed E-state index contributed by atoms with van der Waals surface area (Å²) >= 11 is 0. The van der Waals surface area contributed by atoms with Gasteiger partial charge in [0, 0.05) is 12.6 Å². The minimum atomic E-state index is -1.15. The molecule has 0 bridgehead atoms. The summed E-state index contributed by atoms with van der Waals surface area (Å²) < 4.78 is 0. The van der Waals surface area contributed by atoms with Crippen molar-refractivity contribution in [2.75, 3.05) is 0 Å². The number of carbonyl (C=O) groups excluding carboxylic acids is 1. The number of H-pyrrole nitrogens is 1. The molecule has 2 aromatic rings. The van der Waals surface area contributed by atoms with Gasteiger partial charge in [-0.25, -0.2) is 4.79 Å². The summed E-state index contributed by atoms with van der Waals surface area (Å²) in [5.41, 5.74) is 0.114. The van der Waals surface area contributed by atoms with Crippen LogP contribution in [-0.4, -0.2) is 28.0 Å². The van der Waals surface area contributed by atoms with Gasteiger partial charge < -0.3 is 15.4 Å². The van der Waals surface area contributed by atoms with E-state index in [1.807, 2.05) is 6.07 Å². The van der Waals surface area contributed by atoms with E-state index in [4.69, 9.17) is 0 Å². The number of pyridine rings is 1. The Bertz CT molecular complexity index is 694. The molecule has 1 aromatic heterocycles. The zero-order valence-corrected chi connectivity index (χ0v) is 11.1. The van der Waals surface area contributed by atoms with Crippen molar-refractivity contribution in [3.63, 3.8) is 0 Å². The van der Waals surface area contributed by atoms with Gasteiger partial charge >= 0.3 is 5.97 Å². The summed E-state index contributed by atoms with van der Waals surface area (Å²) in [6.07, 6.45) is 1.55. The highest BCUT2D eigenvalue weighted by Gasteiger charge is 2.22. The zero-order chi connectivity index (χ0) is 15.2. The van der Waals surface area contributed by atoms with Crippen molar-refractivity contribution in [2.45, 2.75) is 12.5 Å². The molecular formula is C15H14N2O4. The van der Waals surface area contributed by atoms with Crippen LogP contribution in [0.25, 0.3) is 0 Å². The van der Waals surface area contributed by atoms with E-state index in [-0.39, 0.29) is 12.0 Å². The molecular weight excluding hydrogens is 272 g/mol. The minimum Gasteiger partial charge on any atom is -0.480 e. The van der Waals surface area contributed by atoms with Crippen LogP contribution in [0.2, 0.25) is 0 Å². The molecule has 0 saturated carbocycles. The van der Waals surface area contributed by atoms with Crippen LogP contribution in [0.5, 0.6) is 0 Å². The molecule has 0 unspecified atom stereocenters. The Labute approximate surface area is 120 Å². The van der Waals surface area contributed by atoms with Gasteiger partial charge in [0.1, 0.15) is 11.6 Å². The van der Waals surface area contributed by atoms with Crippen molar-refractivity contribution in [3.05, 3.63) is 70.1 Å². The summed E-state index contributed by atoms with van der Waals surface area (Å²) in [4.78, 5) is 37.1. The Kier molecular flexibility index (Phi) is 4.50. The second-order valence-corrected chi connectivity index (χ2v) is 4.47. The van der Waals surface area contributed by atoms with E-state index in [1.165, 1.54) is 18.3 Å². The van der Waals surface area contributed by atoms with Gasteiger partial charge in [-0.15, -0.1) is 0 Å². The molecule has 0 saturated heterocycles. The van der Waals surface area contributed by atoms with Crippen LogP contribution < -0.4 is 10.9 Å². The van der Waals surface area contributed by atoms with E-state index in [0.717, 1.165) is 5.56 Å². The van der Waals surface area contributed by atoms with Crippen LogP contribution in [0.4, 0.5) is 0 Å². The summed E-state index contributed by atoms with van der Waals surface area (Å²) in [6, 6.07) is 10.7. The largest absolute Gasteiger partial charge is 0.480 e. The van der Waals surface area contributed by atoms with Crippen molar-refractivity contribution < 1.29 is 14.7 Å². The summed E-state index contributed by atoms with van der Waals surface area (Å²) in [6.45, 7) is 0. The van der Waals surface area contributed by atoms with Crippen molar-refractivity contribution in [2.24, 2.45) is 0 Å². The molecule has 0 aliphatic carbocycles. The number of aromatic amines is 1. The number of hydrogen-bond donors (Lipinski definition) is 3. The topological polar surface area (TPSA) is 99.3 Å². The zero-order valence-electron chi connectivity index (χ0n) is 11.1. The highest BCUT2D eigenvalue weighted by Crippen LogP contribution is 2.04. The fourth-order valence-corrected chi connectivity index (χ4v) is 1.89. The lowest BCUT2D eigenvalue weighted by Gasteiger charge is -2.14. The second-order valence-electron chi connectivity index (χ2n) is 4.47. The fourth-order valence-electron chi connectivity index (χ4n) is 1.89. The van der Waals surface area contributed by atoms with Crippen molar-refractivity contribution in [3.8, 4) is 0 Å². The lowest BCUT2D eigenvalue weighted by molar-refractivity contribution is -0.139. The maximum Gasteiger partial charge on any atom is 0.326 e. The molecule has 0 fully saturated rings. The Balaban J connectivity index is 2.14. The van der Waals surface area contributed by atoms with Gasteiger partial charge in [-0.3, -0.25) is 9.59 Å². The predicted octanol–water partition coefficient (Wildman–Crippen LogP) is 0.801. The lowest BCUT2D eigenvalue weighted by atomic mass is 10.1. The van der Waals surface area contributed by atoms with Crippen molar-refractivity contribution in [1.29, 1.82) is 0 Å². The number of hydrogen-bond acceptors (Lipinski definition) is 3. The van der Waals surface area contributed by atoms with Gasteiger partial charge in [-0.1, -0.05) is 30.3 Å². The number of amides is 1. The standard InChI is InChI=1S/C15H14N2O4/c18-13-11(7-4-8-16-13)14(19)17-12(15(20)21)9-10-5-2-1-3-6-10/h1-8,12H,9H2,(H,16,18)(H,17,19)(H,20,21)/t12-/m0/s1. The van der Waals surface area contributed by atoms with Crippen LogP contribution >= 0.6 is 0 Å². The number of carboxylic acid groups (broad SMARTS) is 1. The Hall–Kier alpha value is -2.89. The van der Waals surface area contributed by atoms with E-state index in [9.17, 15) is 19.5 Å². The highest BCUT2D eigenvalue weighted by molar-refractivity contribution is 5.96. The van der Waals surface area contributed by atoms with Gasteiger partial charge in [0.15, 0.2) is 0 Å². The molecule has 3 N–H and O–H groups in total. The summed E-state index contributed by atoms with van der Waals surface area (Å²) in [7, 11) is 0. The molecule has 108 valence electrons. The highest BCUT2D eigenvalue weighted by atomic mass is 16.4. The molecule has 0 aliphatic rings. The molecule has 6 nitrogen and oxygen atoms in total. The van der Waals surface area contributed by atoms with Gasteiger partial charge in [0.25, 0.3) is 11.5 Å². The van der Waals surface area contributed by atoms with Crippen molar-refractivity contribution in [1.82, 2.24) is 10.3 Å². The van der Waals surface area contributed by atoms with E-state index in [2.05, 4.69) is 10.3 Å². The first-order valence-corrected chi connectivity index (χ1v) is 6.33. The first kappa shape index (κ1) is 14.5. The molecule has 2 rings (SSSR count). The van der Waals surface area contributed by atoms with E-state index >= 15 is 0 Å². The third-order valence-corrected chi connectivity index (χ3v) is 2.95. The van der Waals surface area contributed by atoms with Gasteiger partial charge in [-0.2, -0.15) is 0 Å². The summed E-state index contributed by atoms with van der Waals surface area (Å²) in [5, 5.41) is 11.6. The molecule has 0 aliphatic heterocycles. The number of nitrogens with one attached hydrogen (secondary N) is 2. The molecule has 0 radical (unpaired) electrons. The smallest absolute Gasteiger partial charge is 0.326 e. The minimum absolute atomic E-state index is 0.114. The van der Waals surface area contributed by atoms with Crippen LogP contribution in [0.3, 0.4) is 0 Å². The fraction of sp³-hybridized carbons (Fsp3) is 0.133. The van der Waals surface area contributed by atoms with Gasteiger partial charge in [-0.05, 0) is 17.7 Å². The quantitative estimate of drug-likeness (QED) is 0.757. The van der Waals surface area contributed by atoms with Crippen LogP contribution in [0, 0.1) is 0 Å². The third kappa shape index (κ3) is 3.79. The number of aromatic nitrogens is 1. The number of carboxylic acids is 1. The Morgan fingerprint density at radius 3 is 2.48 bits per heavy atom. The van der Waals surface area contributed by atoms with Crippen molar-refractivity contribution >= 4 is 11.9 Å². The average molecular weight is 286 g/mol. The monoisotopic (exact) mass is 286 g/mol. The summed E-state index contributed by atoms with van der Waals surface area (Å²) in [5.74, 6) is -1.86. The van der Waals surface area contributed by atoms with E-state index < -0.39 is 23.5 Å². The van der Waals surface area contributed by atoms with Gasteiger partial charge in [0.2, 0.25) is 0 Å². The third-order valence-electron chi connectivity index (χ3n) is 2.95. The SMILES string of the molecule is O=C(N[C@@H](Cc1ccccc1)C(=O)O)c1ccc[nH]c1=O. The van der Waals surface area contributed by atoms with Crippen LogP contribution in [-0.2, 0) is 11.2 Å². The first-order valence-electron chi connectivity index (χ1n) is 6.33. The number of benzene rings is 1. The molecule has 0 spiro atoms. The number of aliphatic carboxylic acids is 1. The van der Waals surface area contributed by atoms with E-state index in [1.54, 1.807) is 24.3 Å². The molecule has 1 heterocycles. The molecule has 6 heteroatoms.